The summed E-state index contributed by atoms with van der Waals surface area (Å²) in [6.45, 7) is 4.25. The molecule has 1 fully saturated rings. The molecule has 1 aliphatic rings. The Hall–Kier alpha value is -1.36. The molecule has 1 aromatic rings. The van der Waals surface area contributed by atoms with E-state index in [9.17, 15) is 8.78 Å². The van der Waals surface area contributed by atoms with Crippen molar-refractivity contribution in [2.75, 3.05) is 24.5 Å². The van der Waals surface area contributed by atoms with Crippen molar-refractivity contribution >= 4 is 5.69 Å². The van der Waals surface area contributed by atoms with Crippen molar-refractivity contribution in [1.29, 1.82) is 0 Å². The van der Waals surface area contributed by atoms with Gasteiger partial charge in [-0.3, -0.25) is 0 Å². The normalized spacial score (nSPS) is 19.9. The van der Waals surface area contributed by atoms with Gasteiger partial charge in [0.2, 0.25) is 0 Å². The molecule has 1 saturated heterocycles. The van der Waals surface area contributed by atoms with Gasteiger partial charge >= 0.3 is 6.61 Å². The van der Waals surface area contributed by atoms with Crippen LogP contribution in [0.25, 0.3) is 0 Å². The summed E-state index contributed by atoms with van der Waals surface area (Å²) in [6.07, 6.45) is 2.08. The molecule has 5 heteroatoms. The number of rotatable bonds is 5. The van der Waals surface area contributed by atoms with E-state index in [4.69, 9.17) is 0 Å². The molecule has 1 aromatic carbocycles. The zero-order valence-electron chi connectivity index (χ0n) is 12.7. The molecule has 0 radical (unpaired) electrons. The average Bonchev–Trinajstić information content (AvgIpc) is 2.63. The lowest BCUT2D eigenvalue weighted by atomic mass is 10.0. The van der Waals surface area contributed by atoms with Gasteiger partial charge in [-0.1, -0.05) is 26.0 Å². The van der Waals surface area contributed by atoms with E-state index in [0.717, 1.165) is 38.2 Å². The third-order valence-electron chi connectivity index (χ3n) is 3.66. The lowest BCUT2D eigenvalue weighted by molar-refractivity contribution is -0.0495. The van der Waals surface area contributed by atoms with Crippen LogP contribution in [0, 0.1) is 5.92 Å². The predicted molar refractivity (Wildman–Crippen MR) is 81.1 cm³/mol. The van der Waals surface area contributed by atoms with E-state index >= 15 is 0 Å². The molecule has 1 atom stereocenters. The molecule has 0 aliphatic carbocycles. The zero-order chi connectivity index (χ0) is 15.2. The molecular weight excluding hydrogens is 274 g/mol. The fourth-order valence-electron chi connectivity index (χ4n) is 2.86. The number of anilines is 1. The smallest absolute Gasteiger partial charge is 0.387 e. The van der Waals surface area contributed by atoms with Crippen molar-refractivity contribution in [1.82, 2.24) is 5.32 Å². The van der Waals surface area contributed by atoms with Crippen LogP contribution in [0.5, 0.6) is 5.75 Å². The number of benzene rings is 1. The number of para-hydroxylation sites is 2. The minimum Gasteiger partial charge on any atom is -0.433 e. The Bertz CT molecular complexity index is 440. The lowest BCUT2D eigenvalue weighted by Gasteiger charge is -2.28. The van der Waals surface area contributed by atoms with Crippen molar-refractivity contribution in [3.63, 3.8) is 0 Å². The Balaban J connectivity index is 2.15. The van der Waals surface area contributed by atoms with Crippen LogP contribution in [-0.2, 0) is 0 Å². The highest BCUT2D eigenvalue weighted by Crippen LogP contribution is 2.30. The summed E-state index contributed by atoms with van der Waals surface area (Å²) in [4.78, 5) is 2.16. The number of alkyl halides is 2. The van der Waals surface area contributed by atoms with Crippen molar-refractivity contribution in [3.05, 3.63) is 24.3 Å². The van der Waals surface area contributed by atoms with Crippen LogP contribution in [-0.4, -0.2) is 32.3 Å². The fraction of sp³-hybridized carbons (Fsp3) is 0.625. The second kappa shape index (κ2) is 7.59. The van der Waals surface area contributed by atoms with Gasteiger partial charge in [-0.25, -0.2) is 0 Å². The minimum absolute atomic E-state index is 0.262. The number of ether oxygens (including phenoxy) is 1. The summed E-state index contributed by atoms with van der Waals surface area (Å²) in [5, 5.41) is 3.54. The summed E-state index contributed by atoms with van der Waals surface area (Å²) < 4.78 is 29.7. The van der Waals surface area contributed by atoms with Crippen LogP contribution < -0.4 is 15.0 Å². The predicted octanol–water partition coefficient (Wildman–Crippen LogP) is 3.50. The van der Waals surface area contributed by atoms with Crippen LogP contribution in [0.15, 0.2) is 24.3 Å². The molecule has 2 rings (SSSR count). The van der Waals surface area contributed by atoms with E-state index in [2.05, 4.69) is 28.8 Å². The van der Waals surface area contributed by atoms with E-state index < -0.39 is 6.61 Å². The molecular formula is C16H24F2N2O. The molecule has 0 saturated carbocycles. The largest absolute Gasteiger partial charge is 0.433 e. The second-order valence-corrected chi connectivity index (χ2v) is 5.93. The van der Waals surface area contributed by atoms with Gasteiger partial charge in [0.1, 0.15) is 5.75 Å². The lowest BCUT2D eigenvalue weighted by Crippen LogP contribution is -2.38. The summed E-state index contributed by atoms with van der Waals surface area (Å²) in [5.74, 6) is 0.868. The van der Waals surface area contributed by atoms with Crippen molar-refractivity contribution in [3.8, 4) is 5.75 Å². The topological polar surface area (TPSA) is 24.5 Å². The molecule has 0 aromatic heterocycles. The highest BCUT2D eigenvalue weighted by Gasteiger charge is 2.21. The molecule has 3 nitrogen and oxygen atoms in total. The van der Waals surface area contributed by atoms with Gasteiger partial charge < -0.3 is 15.0 Å². The van der Waals surface area contributed by atoms with E-state index in [1.54, 1.807) is 12.1 Å². The van der Waals surface area contributed by atoms with E-state index in [-0.39, 0.29) is 5.75 Å². The molecule has 0 amide bonds. The Morgan fingerprint density at radius 1 is 1.33 bits per heavy atom. The first kappa shape index (κ1) is 16.0. The SMILES string of the molecule is CC(C)CC1CN(c2ccccc2OC(F)F)CCCN1. The third kappa shape index (κ3) is 4.84. The van der Waals surface area contributed by atoms with Gasteiger partial charge in [0.25, 0.3) is 0 Å². The molecule has 1 unspecified atom stereocenters. The molecule has 1 heterocycles. The first-order valence-corrected chi connectivity index (χ1v) is 7.58. The van der Waals surface area contributed by atoms with Gasteiger partial charge in [-0.05, 0) is 37.4 Å². The first-order valence-electron chi connectivity index (χ1n) is 7.58. The van der Waals surface area contributed by atoms with Gasteiger partial charge in [0.05, 0.1) is 5.69 Å². The van der Waals surface area contributed by atoms with Crippen molar-refractivity contribution in [2.45, 2.75) is 39.3 Å². The van der Waals surface area contributed by atoms with Crippen LogP contribution in [0.1, 0.15) is 26.7 Å². The maximum atomic E-state index is 12.5. The van der Waals surface area contributed by atoms with Crippen LogP contribution in [0.3, 0.4) is 0 Å². The molecule has 1 N–H and O–H groups in total. The van der Waals surface area contributed by atoms with Gasteiger partial charge in [-0.15, -0.1) is 0 Å². The highest BCUT2D eigenvalue weighted by atomic mass is 19.3. The highest BCUT2D eigenvalue weighted by molar-refractivity contribution is 5.58. The minimum atomic E-state index is -2.79. The number of halogens is 2. The Morgan fingerprint density at radius 3 is 2.81 bits per heavy atom. The summed E-state index contributed by atoms with van der Waals surface area (Å²) in [5.41, 5.74) is 0.759. The van der Waals surface area contributed by atoms with Crippen LogP contribution >= 0.6 is 0 Å². The number of hydrogen-bond donors (Lipinski definition) is 1. The summed E-state index contributed by atoms with van der Waals surface area (Å²) in [7, 11) is 0. The Kier molecular flexibility index (Phi) is 5.79. The zero-order valence-corrected chi connectivity index (χ0v) is 12.7. The van der Waals surface area contributed by atoms with Gasteiger partial charge in [0, 0.05) is 19.1 Å². The van der Waals surface area contributed by atoms with E-state index in [1.807, 2.05) is 12.1 Å². The van der Waals surface area contributed by atoms with Gasteiger partial charge in [-0.2, -0.15) is 8.78 Å². The van der Waals surface area contributed by atoms with Crippen molar-refractivity contribution in [2.24, 2.45) is 5.92 Å². The number of nitrogens with one attached hydrogen (secondary N) is 1. The molecule has 1 aliphatic heterocycles. The first-order chi connectivity index (χ1) is 10.1. The van der Waals surface area contributed by atoms with Crippen LogP contribution in [0.4, 0.5) is 14.5 Å². The maximum absolute atomic E-state index is 12.5. The number of hydrogen-bond acceptors (Lipinski definition) is 3. The maximum Gasteiger partial charge on any atom is 0.387 e. The standard InChI is InChI=1S/C16H24F2N2O/c1-12(2)10-13-11-20(9-5-8-19-13)14-6-3-4-7-15(14)21-16(17)18/h3-4,6-7,12-13,16,19H,5,8-11H2,1-2H3. The average molecular weight is 298 g/mol. The monoisotopic (exact) mass is 298 g/mol. The summed E-state index contributed by atoms with van der Waals surface area (Å²) in [6, 6.07) is 7.44. The van der Waals surface area contributed by atoms with Gasteiger partial charge in [0.15, 0.2) is 0 Å². The second-order valence-electron chi connectivity index (χ2n) is 5.93. The van der Waals surface area contributed by atoms with Crippen LogP contribution in [0.2, 0.25) is 0 Å². The number of nitrogens with zero attached hydrogens (tertiary/aromatic N) is 1. The molecule has 0 spiro atoms. The van der Waals surface area contributed by atoms with E-state index in [1.165, 1.54) is 0 Å². The quantitative estimate of drug-likeness (QED) is 0.900. The summed E-state index contributed by atoms with van der Waals surface area (Å²) >= 11 is 0. The fourth-order valence-corrected chi connectivity index (χ4v) is 2.86. The van der Waals surface area contributed by atoms with Crippen molar-refractivity contribution < 1.29 is 13.5 Å². The Morgan fingerprint density at radius 2 is 2.10 bits per heavy atom. The van der Waals surface area contributed by atoms with E-state index in [0.29, 0.717) is 12.0 Å². The third-order valence-corrected chi connectivity index (χ3v) is 3.66. The molecule has 0 bridgehead atoms. The molecule has 21 heavy (non-hydrogen) atoms. The molecule has 118 valence electrons. The Labute approximate surface area is 125 Å².